The number of hydrogen-bond donors (Lipinski definition) is 0. The Balaban J connectivity index is 2.51. The van der Waals surface area contributed by atoms with Gasteiger partial charge >= 0.3 is 0 Å². The molecule has 0 saturated heterocycles. The van der Waals surface area contributed by atoms with Gasteiger partial charge in [0, 0.05) is 22.2 Å². The van der Waals surface area contributed by atoms with Crippen LogP contribution in [0.1, 0.15) is 21.5 Å². The topological polar surface area (TPSA) is 17.1 Å². The highest BCUT2D eigenvalue weighted by Crippen LogP contribution is 2.20. The summed E-state index contributed by atoms with van der Waals surface area (Å²) in [6.07, 6.45) is 0. The number of halogens is 3. The molecule has 92 valence electrons. The fourth-order valence-corrected chi connectivity index (χ4v) is 1.85. The van der Waals surface area contributed by atoms with E-state index in [1.807, 2.05) is 0 Å². The molecule has 2 aromatic rings. The SMILES string of the molecule is Cc1ccc(Cl)cc1C(=O)c1cc(F)cc(F)c1. The van der Waals surface area contributed by atoms with Gasteiger partial charge in [-0.2, -0.15) is 0 Å². The summed E-state index contributed by atoms with van der Waals surface area (Å²) >= 11 is 5.81. The fraction of sp³-hybridized carbons (Fsp3) is 0.0714. The summed E-state index contributed by atoms with van der Waals surface area (Å²) in [5.41, 5.74) is 1.01. The molecule has 0 spiro atoms. The minimum absolute atomic E-state index is 0.0298. The molecule has 0 bridgehead atoms. The lowest BCUT2D eigenvalue weighted by molar-refractivity contribution is 0.103. The summed E-state index contributed by atoms with van der Waals surface area (Å²) in [5, 5.41) is 0.404. The zero-order valence-corrected chi connectivity index (χ0v) is 10.3. The first-order chi connectivity index (χ1) is 8.47. The molecule has 0 amide bonds. The molecule has 0 saturated carbocycles. The molecule has 0 aromatic heterocycles. The Labute approximate surface area is 108 Å². The van der Waals surface area contributed by atoms with Crippen molar-refractivity contribution in [2.24, 2.45) is 0 Å². The van der Waals surface area contributed by atoms with Crippen LogP contribution in [0.4, 0.5) is 8.78 Å². The van der Waals surface area contributed by atoms with Gasteiger partial charge in [-0.25, -0.2) is 8.78 Å². The molecule has 4 heteroatoms. The van der Waals surface area contributed by atoms with E-state index in [9.17, 15) is 13.6 Å². The average molecular weight is 267 g/mol. The van der Waals surface area contributed by atoms with Crippen LogP contribution in [0.2, 0.25) is 5.02 Å². The van der Waals surface area contributed by atoms with Gasteiger partial charge in [0.1, 0.15) is 11.6 Å². The highest BCUT2D eigenvalue weighted by molar-refractivity contribution is 6.31. The first-order valence-electron chi connectivity index (χ1n) is 5.24. The molecular formula is C14H9ClF2O. The van der Waals surface area contributed by atoms with Crippen LogP contribution < -0.4 is 0 Å². The van der Waals surface area contributed by atoms with Gasteiger partial charge in [0.15, 0.2) is 5.78 Å². The van der Waals surface area contributed by atoms with Crippen molar-refractivity contribution in [3.63, 3.8) is 0 Å². The molecule has 0 heterocycles. The average Bonchev–Trinajstić information content (AvgIpc) is 2.30. The Bertz CT molecular complexity index is 603. The quantitative estimate of drug-likeness (QED) is 0.746. The van der Waals surface area contributed by atoms with E-state index in [4.69, 9.17) is 11.6 Å². The van der Waals surface area contributed by atoms with Gasteiger partial charge in [-0.15, -0.1) is 0 Å². The Morgan fingerprint density at radius 2 is 1.67 bits per heavy atom. The Hall–Kier alpha value is -1.74. The van der Waals surface area contributed by atoms with Gasteiger partial charge in [-0.05, 0) is 36.8 Å². The molecule has 0 aliphatic carbocycles. The van der Waals surface area contributed by atoms with E-state index in [1.165, 1.54) is 6.07 Å². The van der Waals surface area contributed by atoms with Crippen LogP contribution in [0.15, 0.2) is 36.4 Å². The smallest absolute Gasteiger partial charge is 0.193 e. The lowest BCUT2D eigenvalue weighted by Crippen LogP contribution is -2.05. The van der Waals surface area contributed by atoms with Crippen LogP contribution >= 0.6 is 11.6 Å². The largest absolute Gasteiger partial charge is 0.289 e. The van der Waals surface area contributed by atoms with E-state index in [0.29, 0.717) is 16.1 Å². The second-order valence-electron chi connectivity index (χ2n) is 3.95. The normalized spacial score (nSPS) is 10.4. The molecule has 18 heavy (non-hydrogen) atoms. The number of ketones is 1. The predicted molar refractivity (Wildman–Crippen MR) is 66.0 cm³/mol. The third kappa shape index (κ3) is 2.57. The van der Waals surface area contributed by atoms with E-state index in [1.54, 1.807) is 19.1 Å². The molecule has 0 atom stereocenters. The fourth-order valence-electron chi connectivity index (χ4n) is 1.68. The van der Waals surface area contributed by atoms with Gasteiger partial charge in [0.25, 0.3) is 0 Å². The Kier molecular flexibility index (Phi) is 3.43. The van der Waals surface area contributed by atoms with Gasteiger partial charge < -0.3 is 0 Å². The van der Waals surface area contributed by atoms with E-state index >= 15 is 0 Å². The van der Waals surface area contributed by atoms with Crippen molar-refractivity contribution in [3.8, 4) is 0 Å². The first kappa shape index (κ1) is 12.7. The summed E-state index contributed by atoms with van der Waals surface area (Å²) in [6.45, 7) is 1.74. The molecule has 0 radical (unpaired) electrons. The van der Waals surface area contributed by atoms with Crippen LogP contribution in [-0.4, -0.2) is 5.78 Å². The molecule has 2 rings (SSSR count). The van der Waals surface area contributed by atoms with Gasteiger partial charge in [-0.3, -0.25) is 4.79 Å². The molecule has 0 N–H and O–H groups in total. The molecular weight excluding hydrogens is 258 g/mol. The van der Waals surface area contributed by atoms with Gasteiger partial charge in [0.2, 0.25) is 0 Å². The first-order valence-corrected chi connectivity index (χ1v) is 5.62. The van der Waals surface area contributed by atoms with E-state index < -0.39 is 17.4 Å². The number of hydrogen-bond acceptors (Lipinski definition) is 1. The van der Waals surface area contributed by atoms with Crippen molar-refractivity contribution in [3.05, 3.63) is 69.7 Å². The summed E-state index contributed by atoms with van der Waals surface area (Å²) < 4.78 is 26.1. The maximum atomic E-state index is 13.1. The monoisotopic (exact) mass is 266 g/mol. The number of carbonyl (C=O) groups excluding carboxylic acids is 1. The second-order valence-corrected chi connectivity index (χ2v) is 4.38. The predicted octanol–water partition coefficient (Wildman–Crippen LogP) is 4.16. The van der Waals surface area contributed by atoms with Crippen LogP contribution in [-0.2, 0) is 0 Å². The summed E-state index contributed by atoms with van der Waals surface area (Å²) in [7, 11) is 0. The third-order valence-corrected chi connectivity index (χ3v) is 2.80. The van der Waals surface area contributed by atoms with Gasteiger partial charge in [-0.1, -0.05) is 17.7 Å². The van der Waals surface area contributed by atoms with E-state index in [-0.39, 0.29) is 5.56 Å². The number of rotatable bonds is 2. The number of carbonyl (C=O) groups is 1. The lowest BCUT2D eigenvalue weighted by atomic mass is 9.99. The molecule has 0 unspecified atom stereocenters. The van der Waals surface area contributed by atoms with Crippen molar-refractivity contribution in [1.29, 1.82) is 0 Å². The van der Waals surface area contributed by atoms with Crippen LogP contribution in [0, 0.1) is 18.6 Å². The lowest BCUT2D eigenvalue weighted by Gasteiger charge is -2.06. The standard InChI is InChI=1S/C14H9ClF2O/c1-8-2-3-10(15)6-13(8)14(18)9-4-11(16)7-12(17)5-9/h2-7H,1H3. The van der Waals surface area contributed by atoms with Crippen LogP contribution in [0.3, 0.4) is 0 Å². The zero-order valence-electron chi connectivity index (χ0n) is 9.51. The molecule has 1 nitrogen and oxygen atoms in total. The molecule has 0 aliphatic rings. The highest BCUT2D eigenvalue weighted by Gasteiger charge is 2.14. The van der Waals surface area contributed by atoms with Crippen molar-refractivity contribution in [1.82, 2.24) is 0 Å². The van der Waals surface area contributed by atoms with E-state index in [0.717, 1.165) is 18.2 Å². The van der Waals surface area contributed by atoms with Gasteiger partial charge in [0.05, 0.1) is 0 Å². The zero-order chi connectivity index (χ0) is 13.3. The van der Waals surface area contributed by atoms with Crippen molar-refractivity contribution in [2.75, 3.05) is 0 Å². The minimum atomic E-state index is -0.780. The van der Waals surface area contributed by atoms with E-state index in [2.05, 4.69) is 0 Å². The number of aryl methyl sites for hydroxylation is 1. The number of benzene rings is 2. The Morgan fingerprint density at radius 3 is 2.28 bits per heavy atom. The molecule has 0 fully saturated rings. The van der Waals surface area contributed by atoms with Crippen molar-refractivity contribution in [2.45, 2.75) is 6.92 Å². The maximum Gasteiger partial charge on any atom is 0.193 e. The summed E-state index contributed by atoms with van der Waals surface area (Å²) in [4.78, 5) is 12.1. The summed E-state index contributed by atoms with van der Waals surface area (Å²) in [6, 6.07) is 7.56. The summed E-state index contributed by atoms with van der Waals surface area (Å²) in [5.74, 6) is -2.01. The second kappa shape index (κ2) is 4.86. The van der Waals surface area contributed by atoms with Crippen molar-refractivity contribution >= 4 is 17.4 Å². The van der Waals surface area contributed by atoms with Crippen LogP contribution in [0.25, 0.3) is 0 Å². The van der Waals surface area contributed by atoms with Crippen molar-refractivity contribution < 1.29 is 13.6 Å². The maximum absolute atomic E-state index is 13.1. The molecule has 0 aliphatic heterocycles. The Morgan fingerprint density at radius 1 is 1.06 bits per heavy atom. The third-order valence-electron chi connectivity index (χ3n) is 2.57. The molecule has 2 aromatic carbocycles. The van der Waals surface area contributed by atoms with Crippen LogP contribution in [0.5, 0.6) is 0 Å². The highest BCUT2D eigenvalue weighted by atomic mass is 35.5. The minimum Gasteiger partial charge on any atom is -0.289 e.